The lowest BCUT2D eigenvalue weighted by Gasteiger charge is -2.31. The van der Waals surface area contributed by atoms with Crippen molar-refractivity contribution < 1.29 is 9.53 Å². The zero-order chi connectivity index (χ0) is 15.1. The molecule has 120 valence electrons. The minimum Gasteiger partial charge on any atom is -0.459 e. The van der Waals surface area contributed by atoms with E-state index in [-0.39, 0.29) is 12.1 Å². The Morgan fingerprint density at radius 1 is 0.952 bits per heavy atom. The van der Waals surface area contributed by atoms with E-state index in [0.29, 0.717) is 0 Å². The van der Waals surface area contributed by atoms with Gasteiger partial charge in [-0.15, -0.1) is 0 Å². The van der Waals surface area contributed by atoms with Crippen LogP contribution in [0, 0.1) is 17.8 Å². The third-order valence-electron chi connectivity index (χ3n) is 5.50. The third kappa shape index (κ3) is 5.84. The van der Waals surface area contributed by atoms with Gasteiger partial charge in [0.25, 0.3) is 0 Å². The van der Waals surface area contributed by atoms with Crippen LogP contribution in [0.3, 0.4) is 0 Å². The Labute approximate surface area is 130 Å². The smallest absolute Gasteiger partial charge is 0.330 e. The van der Waals surface area contributed by atoms with Gasteiger partial charge in [-0.05, 0) is 50.4 Å². The Hall–Kier alpha value is -0.790. The fourth-order valence-corrected chi connectivity index (χ4v) is 3.97. The molecule has 2 fully saturated rings. The van der Waals surface area contributed by atoms with E-state index in [0.717, 1.165) is 30.6 Å². The Kier molecular flexibility index (Phi) is 6.79. The summed E-state index contributed by atoms with van der Waals surface area (Å²) in [6, 6.07) is 0. The topological polar surface area (TPSA) is 26.3 Å². The van der Waals surface area contributed by atoms with E-state index < -0.39 is 0 Å². The van der Waals surface area contributed by atoms with Crippen molar-refractivity contribution in [1.29, 1.82) is 0 Å². The molecule has 0 atom stereocenters. The van der Waals surface area contributed by atoms with Crippen LogP contribution < -0.4 is 0 Å². The number of hydrogen-bond donors (Lipinski definition) is 0. The summed E-state index contributed by atoms with van der Waals surface area (Å²) < 4.78 is 5.46. The molecule has 0 aliphatic heterocycles. The van der Waals surface area contributed by atoms with Crippen molar-refractivity contribution in [2.75, 3.05) is 0 Å². The fraction of sp³-hybridized carbons (Fsp3) is 0.842. The molecule has 2 nitrogen and oxygen atoms in total. The molecule has 0 radical (unpaired) electrons. The molecule has 2 saturated carbocycles. The quantitative estimate of drug-likeness (QED) is 0.509. The Balaban J connectivity index is 1.59. The van der Waals surface area contributed by atoms with Gasteiger partial charge in [-0.25, -0.2) is 4.79 Å². The SMILES string of the molecule is CC=CC(=O)OC1CCC(CCC2CCC(C)CC2)CC1. The van der Waals surface area contributed by atoms with Crippen LogP contribution in [0.25, 0.3) is 0 Å². The maximum absolute atomic E-state index is 11.4. The second-order valence-electron chi connectivity index (χ2n) is 7.28. The molecule has 0 aromatic rings. The number of allylic oxidation sites excluding steroid dienone is 1. The molecular weight excluding hydrogens is 260 g/mol. The van der Waals surface area contributed by atoms with Crippen molar-refractivity contribution in [3.05, 3.63) is 12.2 Å². The molecule has 0 amide bonds. The first-order chi connectivity index (χ1) is 10.2. The average molecular weight is 292 g/mol. The Morgan fingerprint density at radius 2 is 1.48 bits per heavy atom. The van der Waals surface area contributed by atoms with Crippen molar-refractivity contribution in [1.82, 2.24) is 0 Å². The van der Waals surface area contributed by atoms with E-state index in [1.165, 1.54) is 57.4 Å². The number of carbonyl (C=O) groups is 1. The van der Waals surface area contributed by atoms with Gasteiger partial charge in [0.2, 0.25) is 0 Å². The summed E-state index contributed by atoms with van der Waals surface area (Å²) in [6.45, 7) is 4.25. The number of esters is 1. The van der Waals surface area contributed by atoms with Crippen LogP contribution in [-0.4, -0.2) is 12.1 Å². The van der Waals surface area contributed by atoms with Crippen LogP contribution >= 0.6 is 0 Å². The lowest BCUT2D eigenvalue weighted by molar-refractivity contribution is -0.144. The normalized spacial score (nSPS) is 34.0. The fourth-order valence-electron chi connectivity index (χ4n) is 3.97. The van der Waals surface area contributed by atoms with Gasteiger partial charge in [0.1, 0.15) is 6.10 Å². The monoisotopic (exact) mass is 292 g/mol. The van der Waals surface area contributed by atoms with Crippen molar-refractivity contribution in [2.24, 2.45) is 17.8 Å². The summed E-state index contributed by atoms with van der Waals surface area (Å²) in [5, 5.41) is 0. The molecule has 0 N–H and O–H groups in total. The maximum Gasteiger partial charge on any atom is 0.330 e. The predicted molar refractivity (Wildman–Crippen MR) is 87.0 cm³/mol. The maximum atomic E-state index is 11.4. The van der Waals surface area contributed by atoms with Gasteiger partial charge in [0.05, 0.1) is 0 Å². The lowest BCUT2D eigenvalue weighted by Crippen LogP contribution is -2.24. The van der Waals surface area contributed by atoms with Gasteiger partial charge in [-0.1, -0.05) is 51.5 Å². The van der Waals surface area contributed by atoms with Gasteiger partial charge in [-0.3, -0.25) is 0 Å². The molecule has 0 heterocycles. The summed E-state index contributed by atoms with van der Waals surface area (Å²) >= 11 is 0. The second-order valence-corrected chi connectivity index (χ2v) is 7.28. The number of rotatable bonds is 5. The average Bonchev–Trinajstić information content (AvgIpc) is 2.48. The Morgan fingerprint density at radius 3 is 2.00 bits per heavy atom. The molecule has 0 spiro atoms. The Bertz CT molecular complexity index is 331. The van der Waals surface area contributed by atoms with Crippen molar-refractivity contribution in [3.63, 3.8) is 0 Å². The van der Waals surface area contributed by atoms with E-state index in [2.05, 4.69) is 6.92 Å². The molecule has 0 unspecified atom stereocenters. The predicted octanol–water partition coefficient (Wildman–Crippen LogP) is 5.27. The molecule has 0 aromatic carbocycles. The van der Waals surface area contributed by atoms with Crippen LogP contribution in [0.1, 0.15) is 78.1 Å². The molecule has 0 saturated heterocycles. The number of ether oxygens (including phenoxy) is 1. The summed E-state index contributed by atoms with van der Waals surface area (Å²) in [6.07, 6.45) is 16.7. The zero-order valence-corrected chi connectivity index (χ0v) is 13.9. The highest BCUT2D eigenvalue weighted by molar-refractivity contribution is 5.81. The first-order valence-corrected chi connectivity index (χ1v) is 9.00. The van der Waals surface area contributed by atoms with E-state index in [9.17, 15) is 4.79 Å². The molecule has 2 aliphatic carbocycles. The summed E-state index contributed by atoms with van der Waals surface area (Å²) in [5.74, 6) is 2.66. The first kappa shape index (κ1) is 16.6. The van der Waals surface area contributed by atoms with E-state index in [4.69, 9.17) is 4.74 Å². The van der Waals surface area contributed by atoms with Gasteiger partial charge in [0, 0.05) is 6.08 Å². The van der Waals surface area contributed by atoms with Crippen LogP contribution in [0.5, 0.6) is 0 Å². The highest BCUT2D eigenvalue weighted by atomic mass is 16.5. The molecule has 0 aromatic heterocycles. The number of carbonyl (C=O) groups excluding carboxylic acids is 1. The van der Waals surface area contributed by atoms with Crippen molar-refractivity contribution in [3.8, 4) is 0 Å². The summed E-state index contributed by atoms with van der Waals surface area (Å²) in [4.78, 5) is 11.4. The van der Waals surface area contributed by atoms with Crippen LogP contribution in [-0.2, 0) is 9.53 Å². The van der Waals surface area contributed by atoms with Gasteiger partial charge in [-0.2, -0.15) is 0 Å². The highest BCUT2D eigenvalue weighted by Crippen LogP contribution is 2.35. The van der Waals surface area contributed by atoms with Crippen LogP contribution in [0.15, 0.2) is 12.2 Å². The van der Waals surface area contributed by atoms with E-state index >= 15 is 0 Å². The molecule has 0 bridgehead atoms. The summed E-state index contributed by atoms with van der Waals surface area (Å²) in [5.41, 5.74) is 0. The second kappa shape index (κ2) is 8.60. The minimum absolute atomic E-state index is 0.167. The minimum atomic E-state index is -0.169. The van der Waals surface area contributed by atoms with Crippen LogP contribution in [0.4, 0.5) is 0 Å². The molecule has 2 heteroatoms. The molecular formula is C19H32O2. The largest absolute Gasteiger partial charge is 0.459 e. The molecule has 21 heavy (non-hydrogen) atoms. The zero-order valence-electron chi connectivity index (χ0n) is 13.9. The van der Waals surface area contributed by atoms with Gasteiger partial charge < -0.3 is 4.74 Å². The van der Waals surface area contributed by atoms with Crippen molar-refractivity contribution in [2.45, 2.75) is 84.2 Å². The van der Waals surface area contributed by atoms with Gasteiger partial charge >= 0.3 is 5.97 Å². The summed E-state index contributed by atoms with van der Waals surface area (Å²) in [7, 11) is 0. The standard InChI is InChI=1S/C19H32O2/c1-3-4-19(20)21-18-13-11-17(12-14-18)10-9-16-7-5-15(2)6-8-16/h3-4,15-18H,5-14H2,1-2H3. The van der Waals surface area contributed by atoms with Crippen molar-refractivity contribution >= 4 is 5.97 Å². The third-order valence-corrected chi connectivity index (χ3v) is 5.50. The first-order valence-electron chi connectivity index (χ1n) is 9.00. The lowest BCUT2D eigenvalue weighted by atomic mass is 9.77. The van der Waals surface area contributed by atoms with E-state index in [1.807, 2.05) is 6.92 Å². The van der Waals surface area contributed by atoms with Crippen LogP contribution in [0.2, 0.25) is 0 Å². The van der Waals surface area contributed by atoms with Gasteiger partial charge in [0.15, 0.2) is 0 Å². The molecule has 2 aliphatic rings. The highest BCUT2D eigenvalue weighted by Gasteiger charge is 2.25. The number of hydrogen-bond acceptors (Lipinski definition) is 2. The molecule has 2 rings (SSSR count). The van der Waals surface area contributed by atoms with E-state index in [1.54, 1.807) is 6.08 Å².